The molecule has 0 fully saturated rings. The van der Waals surface area contributed by atoms with Crippen LogP contribution >= 0.6 is 0 Å². The van der Waals surface area contributed by atoms with Crippen molar-refractivity contribution in [1.29, 1.82) is 0 Å². The Morgan fingerprint density at radius 2 is 2.04 bits per heavy atom. The van der Waals surface area contributed by atoms with E-state index < -0.39 is 17.9 Å². The lowest BCUT2D eigenvalue weighted by molar-refractivity contribution is -0.136. The zero-order chi connectivity index (χ0) is 16.8. The lowest BCUT2D eigenvalue weighted by Crippen LogP contribution is -2.36. The third-order valence-electron chi connectivity index (χ3n) is 3.55. The van der Waals surface area contributed by atoms with Gasteiger partial charge in [-0.15, -0.1) is 0 Å². The highest BCUT2D eigenvalue weighted by Crippen LogP contribution is 2.20. The van der Waals surface area contributed by atoms with Crippen LogP contribution in [-0.4, -0.2) is 34.1 Å². The van der Waals surface area contributed by atoms with Crippen molar-refractivity contribution >= 4 is 28.4 Å². The Morgan fingerprint density at radius 3 is 2.74 bits per heavy atom. The zero-order valence-corrected chi connectivity index (χ0v) is 13.5. The van der Waals surface area contributed by atoms with Gasteiger partial charge in [-0.1, -0.05) is 13.0 Å². The van der Waals surface area contributed by atoms with Crippen molar-refractivity contribution in [3.05, 3.63) is 30.5 Å². The number of fused-ring (bicyclic) bond motifs is 1. The summed E-state index contributed by atoms with van der Waals surface area (Å²) in [6.07, 6.45) is 2.94. The number of amides is 2. The van der Waals surface area contributed by atoms with E-state index in [-0.39, 0.29) is 6.54 Å². The van der Waals surface area contributed by atoms with Crippen molar-refractivity contribution in [1.82, 2.24) is 9.88 Å². The molecule has 1 atom stereocenters. The highest BCUT2D eigenvalue weighted by atomic mass is 16.3. The van der Waals surface area contributed by atoms with Crippen LogP contribution in [0, 0.1) is 0 Å². The van der Waals surface area contributed by atoms with Crippen LogP contribution < -0.4 is 10.6 Å². The Morgan fingerprint density at radius 1 is 1.26 bits per heavy atom. The summed E-state index contributed by atoms with van der Waals surface area (Å²) < 4.78 is 2.12. The van der Waals surface area contributed by atoms with Gasteiger partial charge in [0.25, 0.3) is 0 Å². The van der Waals surface area contributed by atoms with Gasteiger partial charge in [0.15, 0.2) is 0 Å². The molecule has 0 radical (unpaired) electrons. The highest BCUT2D eigenvalue weighted by Gasteiger charge is 2.14. The van der Waals surface area contributed by atoms with Crippen LogP contribution in [0.4, 0.5) is 5.69 Å². The van der Waals surface area contributed by atoms with E-state index in [0.717, 1.165) is 23.9 Å². The van der Waals surface area contributed by atoms with Gasteiger partial charge in [0.1, 0.15) is 0 Å². The van der Waals surface area contributed by atoms with Gasteiger partial charge in [-0.05, 0) is 43.4 Å². The Hall–Kier alpha value is -2.34. The first-order valence-electron chi connectivity index (χ1n) is 7.87. The predicted molar refractivity (Wildman–Crippen MR) is 90.2 cm³/mol. The fourth-order valence-corrected chi connectivity index (χ4v) is 2.36. The molecule has 0 saturated heterocycles. The van der Waals surface area contributed by atoms with Crippen LogP contribution in [0.5, 0.6) is 0 Å². The number of nitrogens with zero attached hydrogens (tertiary/aromatic N) is 1. The summed E-state index contributed by atoms with van der Waals surface area (Å²) in [4.78, 5) is 23.6. The average Bonchev–Trinajstić information content (AvgIpc) is 2.90. The second-order valence-electron chi connectivity index (χ2n) is 5.63. The Bertz CT molecular complexity index is 691. The number of aliphatic hydroxyl groups excluding tert-OH is 1. The molecule has 0 aliphatic carbocycles. The molecule has 124 valence electrons. The lowest BCUT2D eigenvalue weighted by Gasteiger charge is -2.09. The third-order valence-corrected chi connectivity index (χ3v) is 3.55. The van der Waals surface area contributed by atoms with Gasteiger partial charge in [-0.2, -0.15) is 0 Å². The van der Waals surface area contributed by atoms with Gasteiger partial charge in [0.05, 0.1) is 11.6 Å². The van der Waals surface area contributed by atoms with E-state index in [2.05, 4.69) is 22.1 Å². The molecular weight excluding hydrogens is 294 g/mol. The van der Waals surface area contributed by atoms with Crippen LogP contribution in [0.25, 0.3) is 10.9 Å². The number of aliphatic hydroxyl groups is 1. The smallest absolute Gasteiger partial charge is 0.313 e. The minimum absolute atomic E-state index is 0.266. The Kier molecular flexibility index (Phi) is 5.76. The zero-order valence-electron chi connectivity index (χ0n) is 13.5. The van der Waals surface area contributed by atoms with Crippen molar-refractivity contribution in [3.63, 3.8) is 0 Å². The highest BCUT2D eigenvalue weighted by molar-refractivity contribution is 6.39. The van der Waals surface area contributed by atoms with Gasteiger partial charge in [-0.3, -0.25) is 9.59 Å². The second-order valence-corrected chi connectivity index (χ2v) is 5.63. The molecular formula is C17H23N3O3. The Balaban J connectivity index is 2.01. The molecule has 1 heterocycles. The summed E-state index contributed by atoms with van der Waals surface area (Å²) in [6, 6.07) is 7.59. The number of anilines is 1. The minimum atomic E-state index is -0.705. The maximum Gasteiger partial charge on any atom is 0.313 e. The maximum atomic E-state index is 11.9. The van der Waals surface area contributed by atoms with Crippen molar-refractivity contribution in [3.8, 4) is 0 Å². The van der Waals surface area contributed by atoms with Crippen molar-refractivity contribution in [2.75, 3.05) is 11.9 Å². The van der Waals surface area contributed by atoms with Crippen LogP contribution in [0.2, 0.25) is 0 Å². The largest absolute Gasteiger partial charge is 0.393 e. The van der Waals surface area contributed by atoms with E-state index in [1.807, 2.05) is 24.4 Å². The summed E-state index contributed by atoms with van der Waals surface area (Å²) in [5, 5.41) is 15.3. The SMILES string of the molecule is CCCn1ccc2ccc(NC(=O)C(=O)NCCC(C)O)cc21. The summed E-state index contributed by atoms with van der Waals surface area (Å²) >= 11 is 0. The van der Waals surface area contributed by atoms with Gasteiger partial charge in [-0.25, -0.2) is 0 Å². The number of aryl methyl sites for hydroxylation is 1. The molecule has 6 nitrogen and oxygen atoms in total. The van der Waals surface area contributed by atoms with E-state index >= 15 is 0 Å². The molecule has 0 aliphatic rings. The quantitative estimate of drug-likeness (QED) is 0.711. The number of carbonyl (C=O) groups is 2. The van der Waals surface area contributed by atoms with Crippen LogP contribution in [-0.2, 0) is 16.1 Å². The molecule has 0 bridgehead atoms. The number of aromatic nitrogens is 1. The number of nitrogens with one attached hydrogen (secondary N) is 2. The first-order chi connectivity index (χ1) is 11.0. The molecule has 2 rings (SSSR count). The summed E-state index contributed by atoms with van der Waals surface area (Å²) in [6.45, 7) is 4.91. The molecule has 0 saturated carbocycles. The predicted octanol–water partition coefficient (Wildman–Crippen LogP) is 1.88. The summed E-state index contributed by atoms with van der Waals surface area (Å²) in [5.41, 5.74) is 1.61. The Labute approximate surface area is 135 Å². The average molecular weight is 317 g/mol. The molecule has 1 unspecified atom stereocenters. The van der Waals surface area contributed by atoms with Gasteiger partial charge in [0, 0.05) is 25.0 Å². The topological polar surface area (TPSA) is 83.4 Å². The van der Waals surface area contributed by atoms with Crippen LogP contribution in [0.15, 0.2) is 30.5 Å². The molecule has 0 aliphatic heterocycles. The fourth-order valence-electron chi connectivity index (χ4n) is 2.36. The van der Waals surface area contributed by atoms with E-state index in [0.29, 0.717) is 12.1 Å². The first kappa shape index (κ1) is 17.0. The van der Waals surface area contributed by atoms with Crippen molar-refractivity contribution in [2.45, 2.75) is 39.3 Å². The number of carbonyl (C=O) groups excluding carboxylic acids is 2. The number of hydrogen-bond donors (Lipinski definition) is 3. The number of rotatable bonds is 6. The van der Waals surface area contributed by atoms with Crippen LogP contribution in [0.1, 0.15) is 26.7 Å². The molecule has 0 spiro atoms. The van der Waals surface area contributed by atoms with Gasteiger partial charge >= 0.3 is 11.8 Å². The monoisotopic (exact) mass is 317 g/mol. The first-order valence-corrected chi connectivity index (χ1v) is 7.87. The third kappa shape index (κ3) is 4.56. The number of benzene rings is 1. The molecule has 2 amide bonds. The molecule has 2 aromatic rings. The standard InChI is InChI=1S/C17H23N3O3/c1-3-9-20-10-7-13-4-5-14(11-15(13)20)19-17(23)16(22)18-8-6-12(2)21/h4-5,7,10-12,21H,3,6,8-9H2,1-2H3,(H,18,22)(H,19,23). The number of hydrogen-bond acceptors (Lipinski definition) is 3. The van der Waals surface area contributed by atoms with E-state index in [4.69, 9.17) is 5.11 Å². The minimum Gasteiger partial charge on any atom is -0.393 e. The summed E-state index contributed by atoms with van der Waals surface area (Å²) in [5.74, 6) is -1.40. The van der Waals surface area contributed by atoms with E-state index in [1.54, 1.807) is 13.0 Å². The molecule has 1 aromatic heterocycles. The van der Waals surface area contributed by atoms with Gasteiger partial charge in [0.2, 0.25) is 0 Å². The van der Waals surface area contributed by atoms with E-state index in [1.165, 1.54) is 0 Å². The normalized spacial score (nSPS) is 12.1. The second kappa shape index (κ2) is 7.78. The molecule has 3 N–H and O–H groups in total. The van der Waals surface area contributed by atoms with E-state index in [9.17, 15) is 9.59 Å². The van der Waals surface area contributed by atoms with Crippen molar-refractivity contribution in [2.24, 2.45) is 0 Å². The molecule has 1 aromatic carbocycles. The lowest BCUT2D eigenvalue weighted by atomic mass is 10.2. The summed E-state index contributed by atoms with van der Waals surface area (Å²) in [7, 11) is 0. The molecule has 6 heteroatoms. The van der Waals surface area contributed by atoms with Crippen LogP contribution in [0.3, 0.4) is 0 Å². The van der Waals surface area contributed by atoms with Crippen molar-refractivity contribution < 1.29 is 14.7 Å². The fraction of sp³-hybridized carbons (Fsp3) is 0.412. The van der Waals surface area contributed by atoms with Gasteiger partial charge < -0.3 is 20.3 Å². The molecule has 23 heavy (non-hydrogen) atoms. The maximum absolute atomic E-state index is 11.9.